The monoisotopic (exact) mass is 343 g/mol. The van der Waals surface area contributed by atoms with Crippen LogP contribution in [-0.2, 0) is 0 Å². The van der Waals surface area contributed by atoms with Crippen LogP contribution in [0, 0.1) is 0 Å². The van der Waals surface area contributed by atoms with E-state index < -0.39 is 0 Å². The van der Waals surface area contributed by atoms with Gasteiger partial charge in [-0.25, -0.2) is 0 Å². The number of hydrogen-bond acceptors (Lipinski definition) is 4. The number of carbonyl (C=O) groups is 1. The first-order valence-electron chi connectivity index (χ1n) is 8.61. The van der Waals surface area contributed by atoms with Gasteiger partial charge in [0.15, 0.2) is 0 Å². The van der Waals surface area contributed by atoms with Gasteiger partial charge in [0.05, 0.1) is 25.4 Å². The lowest BCUT2D eigenvalue weighted by Crippen LogP contribution is -2.14. The number of carbonyl (C=O) groups excluding carboxylic acids is 1. The molecular weight excluding hydrogens is 318 g/mol. The number of nitrogens with one attached hydrogen (secondary N) is 1. The maximum absolute atomic E-state index is 12.6. The van der Waals surface area contributed by atoms with E-state index in [9.17, 15) is 4.79 Å². The van der Waals surface area contributed by atoms with E-state index in [1.54, 1.807) is 18.2 Å². The van der Waals surface area contributed by atoms with E-state index in [-0.39, 0.29) is 5.91 Å². The maximum atomic E-state index is 12.6. The molecule has 0 bridgehead atoms. The van der Waals surface area contributed by atoms with Crippen molar-refractivity contribution in [2.24, 2.45) is 0 Å². The van der Waals surface area contributed by atoms with Crippen molar-refractivity contribution in [3.05, 3.63) is 48.0 Å². The molecule has 2 aromatic rings. The lowest BCUT2D eigenvalue weighted by atomic mass is 10.1. The summed E-state index contributed by atoms with van der Waals surface area (Å²) in [7, 11) is 0. The van der Waals surface area contributed by atoms with Gasteiger partial charge in [-0.15, -0.1) is 0 Å². The molecule has 0 aliphatic rings. The van der Waals surface area contributed by atoms with E-state index in [4.69, 9.17) is 14.2 Å². The van der Waals surface area contributed by atoms with Gasteiger partial charge in [-0.1, -0.05) is 6.92 Å². The molecule has 134 valence electrons. The van der Waals surface area contributed by atoms with Gasteiger partial charge in [-0.05, 0) is 56.7 Å². The molecule has 0 atom stereocenters. The zero-order valence-corrected chi connectivity index (χ0v) is 15.0. The highest BCUT2D eigenvalue weighted by molar-refractivity contribution is 6.06. The second-order valence-electron chi connectivity index (χ2n) is 5.35. The molecule has 1 N–H and O–H groups in total. The number of anilines is 1. The Bertz CT molecular complexity index is 683. The highest BCUT2D eigenvalue weighted by Crippen LogP contribution is 2.26. The van der Waals surface area contributed by atoms with Gasteiger partial charge in [0, 0.05) is 11.8 Å². The quantitative estimate of drug-likeness (QED) is 0.727. The average Bonchev–Trinajstić information content (AvgIpc) is 2.62. The molecule has 0 heterocycles. The summed E-state index contributed by atoms with van der Waals surface area (Å²) in [4.78, 5) is 12.6. The highest BCUT2D eigenvalue weighted by atomic mass is 16.5. The van der Waals surface area contributed by atoms with Crippen LogP contribution in [0.1, 0.15) is 37.6 Å². The summed E-state index contributed by atoms with van der Waals surface area (Å²) in [6.07, 6.45) is 0.955. The minimum absolute atomic E-state index is 0.228. The zero-order valence-electron chi connectivity index (χ0n) is 15.0. The zero-order chi connectivity index (χ0) is 18.1. The first kappa shape index (κ1) is 18.6. The molecule has 0 fully saturated rings. The lowest BCUT2D eigenvalue weighted by Gasteiger charge is -2.13. The van der Waals surface area contributed by atoms with Crippen LogP contribution < -0.4 is 19.5 Å². The Labute approximate surface area is 148 Å². The van der Waals surface area contributed by atoms with Crippen molar-refractivity contribution in [3.63, 3.8) is 0 Å². The Kier molecular flexibility index (Phi) is 7.14. The summed E-state index contributed by atoms with van der Waals surface area (Å²) in [5.41, 5.74) is 1.17. The topological polar surface area (TPSA) is 56.8 Å². The molecule has 5 nitrogen and oxygen atoms in total. The molecule has 0 spiro atoms. The van der Waals surface area contributed by atoms with Crippen LogP contribution in [0.4, 0.5) is 5.69 Å². The Morgan fingerprint density at radius 1 is 0.880 bits per heavy atom. The molecule has 25 heavy (non-hydrogen) atoms. The number of amides is 1. The molecule has 0 aliphatic heterocycles. The molecule has 2 rings (SSSR count). The van der Waals surface area contributed by atoms with Crippen molar-refractivity contribution in [3.8, 4) is 17.2 Å². The van der Waals surface area contributed by atoms with Crippen LogP contribution in [0.2, 0.25) is 0 Å². The Morgan fingerprint density at radius 2 is 1.56 bits per heavy atom. The third-order valence-electron chi connectivity index (χ3n) is 3.39. The van der Waals surface area contributed by atoms with Crippen molar-refractivity contribution in [1.82, 2.24) is 0 Å². The first-order chi connectivity index (χ1) is 12.2. The maximum Gasteiger partial charge on any atom is 0.259 e. The summed E-state index contributed by atoms with van der Waals surface area (Å²) in [6.45, 7) is 7.55. The van der Waals surface area contributed by atoms with Crippen molar-refractivity contribution >= 4 is 11.6 Å². The second-order valence-corrected chi connectivity index (χ2v) is 5.35. The standard InChI is InChI=1S/C20H25NO4/c1-4-13-25-16-9-7-15(8-10-16)21-20(22)18-12-11-17(23-5-2)14-19(18)24-6-3/h7-12,14H,4-6,13H2,1-3H3,(H,21,22). The van der Waals surface area contributed by atoms with Gasteiger partial charge in [-0.3, -0.25) is 4.79 Å². The van der Waals surface area contributed by atoms with Crippen LogP contribution >= 0.6 is 0 Å². The Morgan fingerprint density at radius 3 is 2.20 bits per heavy atom. The highest BCUT2D eigenvalue weighted by Gasteiger charge is 2.14. The van der Waals surface area contributed by atoms with Crippen molar-refractivity contribution in [2.75, 3.05) is 25.1 Å². The van der Waals surface area contributed by atoms with Crippen LogP contribution in [0.25, 0.3) is 0 Å². The van der Waals surface area contributed by atoms with Crippen molar-refractivity contribution in [2.45, 2.75) is 27.2 Å². The third kappa shape index (κ3) is 5.41. The van der Waals surface area contributed by atoms with E-state index in [1.807, 2.05) is 38.1 Å². The smallest absolute Gasteiger partial charge is 0.259 e. The third-order valence-corrected chi connectivity index (χ3v) is 3.39. The van der Waals surface area contributed by atoms with Gasteiger partial charge in [0.25, 0.3) is 5.91 Å². The van der Waals surface area contributed by atoms with Gasteiger partial charge in [0.2, 0.25) is 0 Å². The number of ether oxygens (including phenoxy) is 3. The van der Waals surface area contributed by atoms with Crippen LogP contribution in [0.5, 0.6) is 17.2 Å². The molecule has 2 aromatic carbocycles. The summed E-state index contributed by atoms with van der Waals surface area (Å²) >= 11 is 0. The molecule has 0 aromatic heterocycles. The molecule has 0 aliphatic carbocycles. The largest absolute Gasteiger partial charge is 0.494 e. The molecule has 1 amide bonds. The fourth-order valence-corrected chi connectivity index (χ4v) is 2.27. The minimum atomic E-state index is -0.228. The molecular formula is C20H25NO4. The van der Waals surface area contributed by atoms with Crippen LogP contribution in [-0.4, -0.2) is 25.7 Å². The number of rotatable bonds is 9. The van der Waals surface area contributed by atoms with E-state index in [2.05, 4.69) is 12.2 Å². The predicted octanol–water partition coefficient (Wildman–Crippen LogP) is 4.53. The molecule has 0 unspecified atom stereocenters. The van der Waals surface area contributed by atoms with E-state index in [0.29, 0.717) is 42.6 Å². The van der Waals surface area contributed by atoms with Gasteiger partial charge >= 0.3 is 0 Å². The van der Waals surface area contributed by atoms with Crippen molar-refractivity contribution < 1.29 is 19.0 Å². The normalized spacial score (nSPS) is 10.2. The minimum Gasteiger partial charge on any atom is -0.494 e. The SMILES string of the molecule is CCCOc1ccc(NC(=O)c2ccc(OCC)cc2OCC)cc1. The van der Waals surface area contributed by atoms with Crippen LogP contribution in [0.15, 0.2) is 42.5 Å². The molecule has 0 saturated carbocycles. The lowest BCUT2D eigenvalue weighted by molar-refractivity contribution is 0.102. The number of hydrogen-bond donors (Lipinski definition) is 1. The van der Waals surface area contributed by atoms with E-state index >= 15 is 0 Å². The van der Waals surface area contributed by atoms with Gasteiger partial charge in [0.1, 0.15) is 17.2 Å². The van der Waals surface area contributed by atoms with Crippen LogP contribution in [0.3, 0.4) is 0 Å². The van der Waals surface area contributed by atoms with E-state index in [0.717, 1.165) is 12.2 Å². The Hall–Kier alpha value is -2.69. The summed E-state index contributed by atoms with van der Waals surface area (Å²) in [5, 5.41) is 2.88. The second kappa shape index (κ2) is 9.57. The fraction of sp³-hybridized carbons (Fsp3) is 0.350. The van der Waals surface area contributed by atoms with E-state index in [1.165, 1.54) is 0 Å². The summed E-state index contributed by atoms with van der Waals surface area (Å²) < 4.78 is 16.6. The first-order valence-corrected chi connectivity index (χ1v) is 8.61. The van der Waals surface area contributed by atoms with Gasteiger partial charge < -0.3 is 19.5 Å². The molecule has 0 radical (unpaired) electrons. The molecule has 5 heteroatoms. The number of benzene rings is 2. The average molecular weight is 343 g/mol. The Balaban J connectivity index is 2.11. The molecule has 0 saturated heterocycles. The predicted molar refractivity (Wildman–Crippen MR) is 99.0 cm³/mol. The summed E-state index contributed by atoms with van der Waals surface area (Å²) in [6, 6.07) is 12.5. The van der Waals surface area contributed by atoms with Crippen molar-refractivity contribution in [1.29, 1.82) is 0 Å². The fourth-order valence-electron chi connectivity index (χ4n) is 2.27. The summed E-state index contributed by atoms with van der Waals surface area (Å²) in [5.74, 6) is 1.75. The van der Waals surface area contributed by atoms with Gasteiger partial charge in [-0.2, -0.15) is 0 Å².